The number of carbonyl (C=O) groups is 2. The lowest BCUT2D eigenvalue weighted by molar-refractivity contribution is -0.130. The molecule has 0 fully saturated rings. The van der Waals surface area contributed by atoms with Gasteiger partial charge in [-0.15, -0.1) is 0 Å². The molecule has 0 atom stereocenters. The van der Waals surface area contributed by atoms with Crippen LogP contribution in [0.5, 0.6) is 11.5 Å². The van der Waals surface area contributed by atoms with Crippen LogP contribution in [-0.4, -0.2) is 44.5 Å². The smallest absolute Gasteiger partial charge is 0.252 e. The van der Waals surface area contributed by atoms with Gasteiger partial charge < -0.3 is 19.7 Å². The van der Waals surface area contributed by atoms with Crippen molar-refractivity contribution >= 4 is 23.4 Å². The fourth-order valence-electron chi connectivity index (χ4n) is 2.75. The predicted octanol–water partition coefficient (Wildman–Crippen LogP) is 3.44. The first-order valence-corrected chi connectivity index (χ1v) is 9.23. The van der Waals surface area contributed by atoms with Gasteiger partial charge >= 0.3 is 0 Å². The van der Waals surface area contributed by atoms with Gasteiger partial charge in [-0.3, -0.25) is 9.59 Å². The molecule has 0 aliphatic heterocycles. The minimum absolute atomic E-state index is 0.0753. The van der Waals surface area contributed by atoms with E-state index in [2.05, 4.69) is 5.32 Å². The summed E-state index contributed by atoms with van der Waals surface area (Å²) < 4.78 is 10.6. The SMILES string of the molecule is COc1cc(C)c(CN(C)C(=O)CCNC(=O)c2ccccc2Cl)cc1OC. The molecule has 2 aromatic carbocycles. The van der Waals surface area contributed by atoms with Crippen LogP contribution in [0, 0.1) is 6.92 Å². The van der Waals surface area contributed by atoms with E-state index in [0.29, 0.717) is 28.6 Å². The number of amides is 2. The van der Waals surface area contributed by atoms with Gasteiger partial charge in [-0.05, 0) is 42.3 Å². The van der Waals surface area contributed by atoms with Gasteiger partial charge in [-0.25, -0.2) is 0 Å². The summed E-state index contributed by atoms with van der Waals surface area (Å²) in [4.78, 5) is 26.2. The third-order valence-corrected chi connectivity index (χ3v) is 4.75. The Morgan fingerprint density at radius 3 is 2.39 bits per heavy atom. The number of nitrogens with zero attached hydrogens (tertiary/aromatic N) is 1. The lowest BCUT2D eigenvalue weighted by Gasteiger charge is -2.20. The number of benzene rings is 2. The van der Waals surface area contributed by atoms with Crippen LogP contribution < -0.4 is 14.8 Å². The van der Waals surface area contributed by atoms with Crippen molar-refractivity contribution in [2.45, 2.75) is 19.9 Å². The molecule has 7 heteroatoms. The summed E-state index contributed by atoms with van der Waals surface area (Å²) in [6, 6.07) is 10.6. The van der Waals surface area contributed by atoms with Gasteiger partial charge in [0.15, 0.2) is 11.5 Å². The quantitative estimate of drug-likeness (QED) is 0.731. The maximum absolute atomic E-state index is 12.4. The zero-order valence-electron chi connectivity index (χ0n) is 16.5. The molecule has 0 saturated carbocycles. The van der Waals surface area contributed by atoms with Gasteiger partial charge in [-0.2, -0.15) is 0 Å². The standard InChI is InChI=1S/C21H25ClN2O4/c1-14-11-18(27-3)19(28-4)12-15(14)13-24(2)20(25)9-10-23-21(26)16-7-5-6-8-17(16)22/h5-8,11-12H,9-10,13H2,1-4H3,(H,23,26). The molecule has 0 heterocycles. The van der Waals surface area contributed by atoms with Crippen LogP contribution in [0.3, 0.4) is 0 Å². The lowest BCUT2D eigenvalue weighted by Crippen LogP contribution is -2.32. The van der Waals surface area contributed by atoms with E-state index < -0.39 is 0 Å². The lowest BCUT2D eigenvalue weighted by atomic mass is 10.1. The van der Waals surface area contributed by atoms with Gasteiger partial charge in [0.1, 0.15) is 0 Å². The Morgan fingerprint density at radius 1 is 1.11 bits per heavy atom. The molecule has 2 aromatic rings. The van der Waals surface area contributed by atoms with Crippen molar-refractivity contribution < 1.29 is 19.1 Å². The molecule has 6 nitrogen and oxygen atoms in total. The Balaban J connectivity index is 1.91. The van der Waals surface area contributed by atoms with E-state index >= 15 is 0 Å². The van der Waals surface area contributed by atoms with Crippen molar-refractivity contribution in [1.82, 2.24) is 10.2 Å². The van der Waals surface area contributed by atoms with E-state index in [0.717, 1.165) is 11.1 Å². The monoisotopic (exact) mass is 404 g/mol. The summed E-state index contributed by atoms with van der Waals surface area (Å²) in [7, 11) is 4.89. The zero-order valence-corrected chi connectivity index (χ0v) is 17.3. The molecule has 0 saturated heterocycles. The molecule has 0 unspecified atom stereocenters. The van der Waals surface area contributed by atoms with E-state index in [9.17, 15) is 9.59 Å². The van der Waals surface area contributed by atoms with Gasteiger partial charge in [0.2, 0.25) is 5.91 Å². The van der Waals surface area contributed by atoms with Crippen molar-refractivity contribution in [2.24, 2.45) is 0 Å². The largest absolute Gasteiger partial charge is 0.493 e. The Kier molecular flexibility index (Phi) is 7.70. The van der Waals surface area contributed by atoms with Crippen LogP contribution in [0.25, 0.3) is 0 Å². The molecule has 0 aliphatic carbocycles. The van der Waals surface area contributed by atoms with Crippen LogP contribution >= 0.6 is 11.6 Å². The molecular weight excluding hydrogens is 380 g/mol. The number of hydrogen-bond acceptors (Lipinski definition) is 4. The number of rotatable bonds is 8. The van der Waals surface area contributed by atoms with Crippen LogP contribution in [0.1, 0.15) is 27.9 Å². The normalized spacial score (nSPS) is 10.3. The number of nitrogens with one attached hydrogen (secondary N) is 1. The highest BCUT2D eigenvalue weighted by atomic mass is 35.5. The molecule has 150 valence electrons. The molecule has 1 N–H and O–H groups in total. The fraction of sp³-hybridized carbons (Fsp3) is 0.333. The molecule has 0 spiro atoms. The number of carbonyl (C=O) groups excluding carboxylic acids is 2. The van der Waals surface area contributed by atoms with E-state index in [-0.39, 0.29) is 24.8 Å². The summed E-state index contributed by atoms with van der Waals surface area (Å²) in [6.45, 7) is 2.63. The fourth-order valence-corrected chi connectivity index (χ4v) is 2.97. The van der Waals surface area contributed by atoms with Crippen molar-refractivity contribution in [1.29, 1.82) is 0 Å². The maximum atomic E-state index is 12.4. The average molecular weight is 405 g/mol. The first-order valence-electron chi connectivity index (χ1n) is 8.85. The summed E-state index contributed by atoms with van der Waals surface area (Å²) in [5.74, 6) is 0.904. The highest BCUT2D eigenvalue weighted by molar-refractivity contribution is 6.33. The summed E-state index contributed by atoms with van der Waals surface area (Å²) in [5, 5.41) is 3.11. The van der Waals surface area contributed by atoms with Crippen molar-refractivity contribution in [3.05, 3.63) is 58.1 Å². The van der Waals surface area contributed by atoms with Gasteiger partial charge in [0.25, 0.3) is 5.91 Å². The van der Waals surface area contributed by atoms with Gasteiger partial charge in [0, 0.05) is 26.6 Å². The molecule has 0 bridgehead atoms. The Bertz CT molecular complexity index is 854. The first-order chi connectivity index (χ1) is 13.4. The summed E-state index contributed by atoms with van der Waals surface area (Å²) >= 11 is 6.01. The topological polar surface area (TPSA) is 67.9 Å². The Labute approximate surface area is 170 Å². The van der Waals surface area contributed by atoms with Crippen LogP contribution in [0.2, 0.25) is 5.02 Å². The van der Waals surface area contributed by atoms with Crippen LogP contribution in [-0.2, 0) is 11.3 Å². The third kappa shape index (κ3) is 5.39. The molecule has 0 aliphatic rings. The molecule has 2 rings (SSSR count). The highest BCUT2D eigenvalue weighted by Crippen LogP contribution is 2.30. The summed E-state index contributed by atoms with van der Waals surface area (Å²) in [6.07, 6.45) is 0.193. The number of halogens is 1. The predicted molar refractivity (Wildman–Crippen MR) is 109 cm³/mol. The van der Waals surface area contributed by atoms with Crippen LogP contribution in [0.4, 0.5) is 0 Å². The molecule has 0 radical (unpaired) electrons. The zero-order chi connectivity index (χ0) is 20.7. The van der Waals surface area contributed by atoms with Gasteiger partial charge in [-0.1, -0.05) is 23.7 Å². The van der Waals surface area contributed by atoms with E-state index in [4.69, 9.17) is 21.1 Å². The molecule has 0 aromatic heterocycles. The Morgan fingerprint density at radius 2 is 1.75 bits per heavy atom. The van der Waals surface area contributed by atoms with Gasteiger partial charge in [0.05, 0.1) is 24.8 Å². The second-order valence-corrected chi connectivity index (χ2v) is 6.78. The second-order valence-electron chi connectivity index (χ2n) is 6.37. The number of methoxy groups -OCH3 is 2. The van der Waals surface area contributed by atoms with Crippen molar-refractivity contribution in [3.8, 4) is 11.5 Å². The summed E-state index contributed by atoms with van der Waals surface area (Å²) in [5.41, 5.74) is 2.36. The second kappa shape index (κ2) is 9.99. The maximum Gasteiger partial charge on any atom is 0.252 e. The molecule has 28 heavy (non-hydrogen) atoms. The highest BCUT2D eigenvalue weighted by Gasteiger charge is 2.15. The minimum atomic E-state index is -0.295. The van der Waals surface area contributed by atoms with E-state index in [1.807, 2.05) is 19.1 Å². The van der Waals surface area contributed by atoms with Crippen LogP contribution in [0.15, 0.2) is 36.4 Å². The van der Waals surface area contributed by atoms with E-state index in [1.54, 1.807) is 50.4 Å². The van der Waals surface area contributed by atoms with Crippen molar-refractivity contribution in [2.75, 3.05) is 27.8 Å². The number of ether oxygens (including phenoxy) is 2. The minimum Gasteiger partial charge on any atom is -0.493 e. The van der Waals surface area contributed by atoms with E-state index in [1.165, 1.54) is 0 Å². The number of hydrogen-bond donors (Lipinski definition) is 1. The molecule has 2 amide bonds. The Hall–Kier alpha value is -2.73. The molecular formula is C21H25ClN2O4. The first kappa shape index (κ1) is 21.6. The average Bonchev–Trinajstić information content (AvgIpc) is 2.69. The van der Waals surface area contributed by atoms with Crippen molar-refractivity contribution in [3.63, 3.8) is 0 Å². The number of aryl methyl sites for hydroxylation is 1. The third-order valence-electron chi connectivity index (χ3n) is 4.42.